The summed E-state index contributed by atoms with van der Waals surface area (Å²) in [5.74, 6) is -0.647. The third-order valence-corrected chi connectivity index (χ3v) is 10.7. The molecule has 3 saturated heterocycles. The Hall–Kier alpha value is -5.00. The highest BCUT2D eigenvalue weighted by atomic mass is 32.2. The van der Waals surface area contributed by atoms with Gasteiger partial charge in [-0.2, -0.15) is 0 Å². The van der Waals surface area contributed by atoms with Crippen LogP contribution in [0, 0.1) is 0 Å². The second-order valence-electron chi connectivity index (χ2n) is 12.7. The number of likely N-dealkylation sites (tertiary alicyclic amines) is 1. The van der Waals surface area contributed by atoms with Gasteiger partial charge in [0, 0.05) is 37.2 Å². The molecule has 1 N–H and O–H groups in total. The van der Waals surface area contributed by atoms with Crippen LogP contribution in [0.25, 0.3) is 0 Å². The number of ether oxygens (including phenoxy) is 1. The number of anilines is 2. The van der Waals surface area contributed by atoms with Gasteiger partial charge in [0.15, 0.2) is 5.17 Å². The van der Waals surface area contributed by atoms with E-state index >= 15 is 0 Å². The van der Waals surface area contributed by atoms with Crippen molar-refractivity contribution in [2.75, 3.05) is 43.1 Å². The first-order valence-electron chi connectivity index (χ1n) is 17.1. The summed E-state index contributed by atoms with van der Waals surface area (Å²) < 4.78 is 5.49. The quantitative estimate of drug-likeness (QED) is 0.225. The summed E-state index contributed by atoms with van der Waals surface area (Å²) in [6.07, 6.45) is 3.12. The Morgan fingerprint density at radius 3 is 2.40 bits per heavy atom. The van der Waals surface area contributed by atoms with Crippen LogP contribution in [0.2, 0.25) is 0 Å². The maximum absolute atomic E-state index is 13.9. The number of aliphatic imine (C=N–C) groups is 1. The van der Waals surface area contributed by atoms with Crippen molar-refractivity contribution in [1.29, 1.82) is 0 Å². The average molecular weight is 689 g/mol. The molecule has 50 heavy (non-hydrogen) atoms. The molecular weight excluding hydrogens is 649 g/mol. The van der Waals surface area contributed by atoms with Crippen LogP contribution in [-0.2, 0) is 25.7 Å². The van der Waals surface area contributed by atoms with E-state index < -0.39 is 11.3 Å². The van der Waals surface area contributed by atoms with Crippen LogP contribution in [0.4, 0.5) is 17.1 Å². The number of thioether (sulfide) groups is 1. The van der Waals surface area contributed by atoms with Crippen molar-refractivity contribution in [2.45, 2.75) is 43.5 Å². The zero-order valence-corrected chi connectivity index (χ0v) is 28.8. The molecule has 4 heterocycles. The summed E-state index contributed by atoms with van der Waals surface area (Å²) in [6, 6.07) is 30.3. The Morgan fingerprint density at radius 2 is 1.68 bits per heavy atom. The van der Waals surface area contributed by atoms with Gasteiger partial charge in [-0.15, -0.1) is 0 Å². The highest BCUT2D eigenvalue weighted by molar-refractivity contribution is 8.15. The smallest absolute Gasteiger partial charge is 0.247 e. The number of carbonyl (C=O) groups is 3. The number of carbonyl (C=O) groups excluding carboxylic acids is 3. The number of morpholine rings is 1. The molecule has 1 aromatic heterocycles. The number of amidine groups is 1. The molecule has 0 radical (unpaired) electrons. The molecule has 0 bridgehead atoms. The molecule has 3 aliphatic rings. The molecule has 3 aromatic carbocycles. The molecule has 3 aliphatic heterocycles. The van der Waals surface area contributed by atoms with Crippen molar-refractivity contribution in [1.82, 2.24) is 14.8 Å². The third-order valence-electron chi connectivity index (χ3n) is 9.43. The van der Waals surface area contributed by atoms with Gasteiger partial charge in [-0.05, 0) is 79.4 Å². The van der Waals surface area contributed by atoms with Gasteiger partial charge in [0.05, 0.1) is 37.1 Å². The zero-order valence-electron chi connectivity index (χ0n) is 28.0. The van der Waals surface area contributed by atoms with Crippen molar-refractivity contribution in [3.05, 3.63) is 120 Å². The van der Waals surface area contributed by atoms with E-state index in [0.717, 1.165) is 47.7 Å². The Labute approximate surface area is 296 Å². The largest absolute Gasteiger partial charge is 0.378 e. The summed E-state index contributed by atoms with van der Waals surface area (Å²) in [7, 11) is 0. The fourth-order valence-electron chi connectivity index (χ4n) is 6.62. The van der Waals surface area contributed by atoms with Gasteiger partial charge in [-0.3, -0.25) is 24.3 Å². The van der Waals surface area contributed by atoms with Crippen molar-refractivity contribution in [3.8, 4) is 0 Å². The SMILES string of the molecule is C[C@@H](C(=O)N1CCC[C@H]1C(=O)Nc1ccc(C2S/C(=N\c3ccc(N4CCOCC4)cc3)N(Cc3ccccn3)C2=O)cc1)c1ccccc1. The topological polar surface area (TPSA) is 107 Å². The average Bonchev–Trinajstić information content (AvgIpc) is 3.78. The lowest BCUT2D eigenvalue weighted by atomic mass is 9.99. The minimum absolute atomic E-state index is 0.0401. The Kier molecular flexibility index (Phi) is 10.2. The number of aromatic nitrogens is 1. The first-order chi connectivity index (χ1) is 24.4. The maximum Gasteiger partial charge on any atom is 0.247 e. The summed E-state index contributed by atoms with van der Waals surface area (Å²) in [6.45, 7) is 5.90. The number of hydrogen-bond acceptors (Lipinski definition) is 8. The molecule has 11 heteroatoms. The van der Waals surface area contributed by atoms with Crippen LogP contribution in [0.3, 0.4) is 0 Å². The molecule has 3 amide bonds. The van der Waals surface area contributed by atoms with E-state index in [1.165, 1.54) is 11.8 Å². The van der Waals surface area contributed by atoms with E-state index in [-0.39, 0.29) is 23.6 Å². The minimum atomic E-state index is -0.526. The second kappa shape index (κ2) is 15.3. The number of amides is 3. The van der Waals surface area contributed by atoms with E-state index in [4.69, 9.17) is 9.73 Å². The maximum atomic E-state index is 13.9. The van der Waals surface area contributed by atoms with Gasteiger partial charge in [0.25, 0.3) is 0 Å². The lowest BCUT2D eigenvalue weighted by Crippen LogP contribution is -2.44. The second-order valence-corrected chi connectivity index (χ2v) is 13.8. The van der Waals surface area contributed by atoms with Crippen molar-refractivity contribution < 1.29 is 19.1 Å². The van der Waals surface area contributed by atoms with E-state index in [9.17, 15) is 14.4 Å². The van der Waals surface area contributed by atoms with E-state index in [2.05, 4.69) is 27.3 Å². The summed E-state index contributed by atoms with van der Waals surface area (Å²) >= 11 is 1.41. The highest BCUT2D eigenvalue weighted by Gasteiger charge is 2.40. The highest BCUT2D eigenvalue weighted by Crippen LogP contribution is 2.41. The fraction of sp³-hybridized carbons (Fsp3) is 0.308. The number of rotatable bonds is 9. The third kappa shape index (κ3) is 7.44. The van der Waals surface area contributed by atoms with Crippen LogP contribution >= 0.6 is 11.8 Å². The zero-order chi connectivity index (χ0) is 34.5. The molecule has 1 unspecified atom stereocenters. The summed E-state index contributed by atoms with van der Waals surface area (Å²) in [5, 5.41) is 3.12. The van der Waals surface area contributed by atoms with E-state index in [0.29, 0.717) is 43.6 Å². The minimum Gasteiger partial charge on any atom is -0.378 e. The van der Waals surface area contributed by atoms with E-state index in [1.807, 2.05) is 91.9 Å². The molecule has 256 valence electrons. The predicted octanol–water partition coefficient (Wildman–Crippen LogP) is 6.16. The van der Waals surface area contributed by atoms with Gasteiger partial charge >= 0.3 is 0 Å². The molecule has 0 saturated carbocycles. The van der Waals surface area contributed by atoms with Crippen molar-refractivity contribution in [2.24, 2.45) is 4.99 Å². The van der Waals surface area contributed by atoms with Gasteiger partial charge in [-0.1, -0.05) is 60.3 Å². The Balaban J connectivity index is 1.05. The van der Waals surface area contributed by atoms with Gasteiger partial charge in [-0.25, -0.2) is 4.99 Å². The molecular formula is C39H40N6O4S. The Bertz CT molecular complexity index is 1830. The number of benzene rings is 3. The summed E-state index contributed by atoms with van der Waals surface area (Å²) in [5.41, 5.74) is 5.02. The van der Waals surface area contributed by atoms with Crippen LogP contribution in [0.5, 0.6) is 0 Å². The van der Waals surface area contributed by atoms with Crippen LogP contribution in [-0.4, -0.2) is 76.6 Å². The number of nitrogens with one attached hydrogen (secondary N) is 1. The first kappa shape index (κ1) is 33.5. The molecule has 0 spiro atoms. The van der Waals surface area contributed by atoms with Crippen LogP contribution < -0.4 is 10.2 Å². The molecule has 7 rings (SSSR count). The monoisotopic (exact) mass is 688 g/mol. The number of hydrogen-bond donors (Lipinski definition) is 1. The Morgan fingerprint density at radius 1 is 0.940 bits per heavy atom. The number of nitrogens with zero attached hydrogens (tertiary/aromatic N) is 5. The molecule has 4 aromatic rings. The van der Waals surface area contributed by atoms with Gasteiger partial charge in [0.1, 0.15) is 11.3 Å². The summed E-state index contributed by atoms with van der Waals surface area (Å²) in [4.78, 5) is 55.8. The normalized spacial score (nSPS) is 20.7. The van der Waals surface area contributed by atoms with Crippen molar-refractivity contribution >= 4 is 51.7 Å². The lowest BCUT2D eigenvalue weighted by molar-refractivity contribution is -0.137. The van der Waals surface area contributed by atoms with Crippen molar-refractivity contribution in [3.63, 3.8) is 0 Å². The number of pyridine rings is 1. The standard InChI is InChI=1S/C39H40N6O4S/c1-27(28-8-3-2-4-9-28)37(47)44-21-7-11-34(44)36(46)41-30-14-12-29(13-15-30)35-38(48)45(26-32-10-5-6-20-40-32)39(50-35)42-31-16-18-33(19-17-31)43-22-24-49-25-23-43/h2-6,8-10,12-20,27,34-35H,7,11,21-26H2,1H3,(H,41,46)/b42-39-/t27-,34+,35?/m1/s1. The van der Waals surface area contributed by atoms with Gasteiger partial charge in [0.2, 0.25) is 17.7 Å². The first-order valence-corrected chi connectivity index (χ1v) is 18.0. The molecule has 3 atom stereocenters. The van der Waals surface area contributed by atoms with E-state index in [1.54, 1.807) is 16.0 Å². The lowest BCUT2D eigenvalue weighted by Gasteiger charge is -2.28. The predicted molar refractivity (Wildman–Crippen MR) is 196 cm³/mol. The van der Waals surface area contributed by atoms with Gasteiger partial charge < -0.3 is 19.9 Å². The molecule has 10 nitrogen and oxygen atoms in total. The molecule has 3 fully saturated rings. The van der Waals surface area contributed by atoms with Crippen LogP contribution in [0.1, 0.15) is 47.8 Å². The van der Waals surface area contributed by atoms with Crippen LogP contribution in [0.15, 0.2) is 108 Å². The fourth-order valence-corrected chi connectivity index (χ4v) is 7.80. The molecule has 0 aliphatic carbocycles.